The number of hydrogen-bond donors (Lipinski definition) is 0. The maximum Gasteiger partial charge on any atom is 0.295 e. The van der Waals surface area contributed by atoms with Crippen LogP contribution in [0.25, 0.3) is 11.7 Å². The Hall–Kier alpha value is -3.54. The Balaban J connectivity index is 1.30. The molecule has 0 spiro atoms. The van der Waals surface area contributed by atoms with Crippen LogP contribution >= 0.6 is 0 Å². The largest absolute Gasteiger partial charge is 0.487 e. The Kier molecular flexibility index (Phi) is 4.75. The molecule has 6 heteroatoms. The van der Waals surface area contributed by atoms with Gasteiger partial charge >= 0.3 is 0 Å². The van der Waals surface area contributed by atoms with Crippen LogP contribution in [0.2, 0.25) is 0 Å². The second-order valence-electron chi connectivity index (χ2n) is 7.73. The first kappa shape index (κ1) is 18.5. The Morgan fingerprint density at radius 3 is 2.30 bits per heavy atom. The monoisotopic (exact) mass is 398 g/mol. The van der Waals surface area contributed by atoms with Crippen LogP contribution in [0.3, 0.4) is 0 Å². The minimum absolute atomic E-state index is 0.137. The minimum Gasteiger partial charge on any atom is -0.487 e. The molecule has 2 aromatic heterocycles. The molecule has 1 saturated carbocycles. The van der Waals surface area contributed by atoms with E-state index >= 15 is 0 Å². The lowest BCUT2D eigenvalue weighted by atomic mass is 9.60. The van der Waals surface area contributed by atoms with Crippen LogP contribution in [0.4, 0.5) is 0 Å². The SMILES string of the molecule is Cc1ccc(C2(c3ccc(OCc4ccnc(-c5ncno5)n4)cc3)CCC2)cc1. The molecule has 2 aromatic carbocycles. The van der Waals surface area contributed by atoms with Crippen molar-refractivity contribution in [2.75, 3.05) is 0 Å². The molecule has 4 aromatic rings. The normalized spacial score (nSPS) is 14.8. The summed E-state index contributed by atoms with van der Waals surface area (Å²) in [7, 11) is 0. The molecule has 0 amide bonds. The molecule has 0 bridgehead atoms. The van der Waals surface area contributed by atoms with E-state index in [-0.39, 0.29) is 5.41 Å². The summed E-state index contributed by atoms with van der Waals surface area (Å²) in [4.78, 5) is 12.6. The number of aromatic nitrogens is 4. The van der Waals surface area contributed by atoms with Crippen molar-refractivity contribution in [2.24, 2.45) is 0 Å². The molecule has 0 atom stereocenters. The van der Waals surface area contributed by atoms with Crippen molar-refractivity contribution in [3.8, 4) is 17.5 Å². The van der Waals surface area contributed by atoms with Gasteiger partial charge in [0.05, 0.1) is 5.69 Å². The number of ether oxygens (including phenoxy) is 1. The first-order valence-electron chi connectivity index (χ1n) is 10.1. The summed E-state index contributed by atoms with van der Waals surface area (Å²) in [5, 5.41) is 3.59. The van der Waals surface area contributed by atoms with Crippen LogP contribution < -0.4 is 4.74 Å². The van der Waals surface area contributed by atoms with Crippen molar-refractivity contribution in [1.29, 1.82) is 0 Å². The molecule has 1 fully saturated rings. The summed E-state index contributed by atoms with van der Waals surface area (Å²) in [6, 6.07) is 19.2. The molecule has 1 aliphatic rings. The molecule has 150 valence electrons. The zero-order valence-corrected chi connectivity index (χ0v) is 16.8. The third-order valence-corrected chi connectivity index (χ3v) is 5.87. The van der Waals surface area contributed by atoms with Gasteiger partial charge in [0.1, 0.15) is 12.4 Å². The minimum atomic E-state index is 0.137. The second kappa shape index (κ2) is 7.71. The maximum atomic E-state index is 5.95. The van der Waals surface area contributed by atoms with Crippen molar-refractivity contribution in [1.82, 2.24) is 20.1 Å². The highest BCUT2D eigenvalue weighted by atomic mass is 16.5. The van der Waals surface area contributed by atoms with Crippen molar-refractivity contribution in [3.05, 3.63) is 89.5 Å². The highest BCUT2D eigenvalue weighted by Crippen LogP contribution is 2.49. The maximum absolute atomic E-state index is 5.95. The first-order chi connectivity index (χ1) is 14.7. The standard InChI is InChI=1S/C24H22N4O2/c1-17-3-5-18(6-4-17)24(12-2-13-24)19-7-9-21(10-8-19)29-15-20-11-14-25-22(28-20)23-26-16-27-30-23/h3-11,14,16H,2,12-13,15H2,1H3. The molecule has 5 rings (SSSR count). The van der Waals surface area contributed by atoms with E-state index in [1.807, 2.05) is 18.2 Å². The van der Waals surface area contributed by atoms with Gasteiger partial charge in [0.25, 0.3) is 5.89 Å². The van der Waals surface area contributed by atoms with Crippen molar-refractivity contribution in [3.63, 3.8) is 0 Å². The summed E-state index contributed by atoms with van der Waals surface area (Å²) in [5.41, 5.74) is 4.94. The summed E-state index contributed by atoms with van der Waals surface area (Å²) >= 11 is 0. The average molecular weight is 398 g/mol. The third-order valence-electron chi connectivity index (χ3n) is 5.87. The molecule has 2 heterocycles. The fourth-order valence-corrected chi connectivity index (χ4v) is 4.03. The zero-order chi connectivity index (χ0) is 20.4. The van der Waals surface area contributed by atoms with E-state index in [2.05, 4.69) is 63.4 Å². The summed E-state index contributed by atoms with van der Waals surface area (Å²) in [6.45, 7) is 2.47. The van der Waals surface area contributed by atoms with Crippen LogP contribution in [-0.4, -0.2) is 20.1 Å². The third kappa shape index (κ3) is 3.45. The smallest absolute Gasteiger partial charge is 0.295 e. The summed E-state index contributed by atoms with van der Waals surface area (Å²) in [5.74, 6) is 1.51. The average Bonchev–Trinajstić information content (AvgIpc) is 3.29. The van der Waals surface area contributed by atoms with Gasteiger partial charge in [-0.1, -0.05) is 53.5 Å². The number of hydrogen-bond acceptors (Lipinski definition) is 6. The van der Waals surface area contributed by atoms with Gasteiger partial charge in [0.2, 0.25) is 5.82 Å². The molecular weight excluding hydrogens is 376 g/mol. The Morgan fingerprint density at radius 1 is 0.933 bits per heavy atom. The van der Waals surface area contributed by atoms with Gasteiger partial charge in [0, 0.05) is 11.6 Å². The van der Waals surface area contributed by atoms with Crippen LogP contribution in [0.15, 0.2) is 71.6 Å². The molecule has 0 radical (unpaired) electrons. The molecule has 6 nitrogen and oxygen atoms in total. The van der Waals surface area contributed by atoms with Crippen molar-refractivity contribution >= 4 is 0 Å². The van der Waals surface area contributed by atoms with E-state index < -0.39 is 0 Å². The van der Waals surface area contributed by atoms with Gasteiger partial charge in [-0.15, -0.1) is 0 Å². The molecule has 30 heavy (non-hydrogen) atoms. The molecule has 0 aliphatic heterocycles. The van der Waals surface area contributed by atoms with E-state index in [1.165, 1.54) is 42.3 Å². The Morgan fingerprint density at radius 2 is 1.67 bits per heavy atom. The van der Waals surface area contributed by atoms with Gasteiger partial charge in [-0.2, -0.15) is 4.98 Å². The van der Waals surface area contributed by atoms with Gasteiger partial charge in [0.15, 0.2) is 6.33 Å². The Labute approximate surface area is 175 Å². The van der Waals surface area contributed by atoms with E-state index in [9.17, 15) is 0 Å². The Bertz CT molecular complexity index is 1120. The lowest BCUT2D eigenvalue weighted by Crippen LogP contribution is -2.35. The van der Waals surface area contributed by atoms with Gasteiger partial charge in [-0.3, -0.25) is 0 Å². The number of benzene rings is 2. The number of nitrogens with zero attached hydrogens (tertiary/aromatic N) is 4. The van der Waals surface area contributed by atoms with E-state index in [0.29, 0.717) is 18.3 Å². The van der Waals surface area contributed by atoms with E-state index in [0.717, 1.165) is 11.4 Å². The molecule has 1 aliphatic carbocycles. The van der Waals surface area contributed by atoms with Gasteiger partial charge < -0.3 is 9.26 Å². The highest BCUT2D eigenvalue weighted by molar-refractivity contribution is 5.44. The summed E-state index contributed by atoms with van der Waals surface area (Å²) in [6.07, 6.45) is 6.64. The molecule has 0 unspecified atom stereocenters. The predicted molar refractivity (Wildman–Crippen MR) is 112 cm³/mol. The van der Waals surface area contributed by atoms with E-state index in [1.54, 1.807) is 6.20 Å². The van der Waals surface area contributed by atoms with Crippen LogP contribution in [-0.2, 0) is 12.0 Å². The predicted octanol–water partition coefficient (Wildman–Crippen LogP) is 4.88. The number of rotatable bonds is 6. The zero-order valence-electron chi connectivity index (χ0n) is 16.8. The lowest BCUT2D eigenvalue weighted by Gasteiger charge is -2.43. The van der Waals surface area contributed by atoms with Crippen LogP contribution in [0.5, 0.6) is 5.75 Å². The van der Waals surface area contributed by atoms with E-state index in [4.69, 9.17) is 9.26 Å². The number of aryl methyl sites for hydroxylation is 1. The molecule has 0 N–H and O–H groups in total. The quantitative estimate of drug-likeness (QED) is 0.461. The van der Waals surface area contributed by atoms with Crippen LogP contribution in [0.1, 0.15) is 41.6 Å². The second-order valence-corrected chi connectivity index (χ2v) is 7.73. The fraction of sp³-hybridized carbons (Fsp3) is 0.250. The topological polar surface area (TPSA) is 73.9 Å². The van der Waals surface area contributed by atoms with Gasteiger partial charge in [-0.25, -0.2) is 9.97 Å². The summed E-state index contributed by atoms with van der Waals surface area (Å²) < 4.78 is 11.0. The van der Waals surface area contributed by atoms with Crippen molar-refractivity contribution < 1.29 is 9.26 Å². The molecular formula is C24H22N4O2. The van der Waals surface area contributed by atoms with Crippen molar-refractivity contribution in [2.45, 2.75) is 38.2 Å². The highest BCUT2D eigenvalue weighted by Gasteiger charge is 2.40. The van der Waals surface area contributed by atoms with Gasteiger partial charge in [-0.05, 0) is 49.1 Å². The fourth-order valence-electron chi connectivity index (χ4n) is 4.03. The van der Waals surface area contributed by atoms with Crippen LogP contribution in [0, 0.1) is 6.92 Å². The molecule has 0 saturated heterocycles. The first-order valence-corrected chi connectivity index (χ1v) is 10.1. The lowest BCUT2D eigenvalue weighted by molar-refractivity contribution is 0.294.